The maximum atomic E-state index is 12.6. The average Bonchev–Trinajstić information content (AvgIpc) is 3.05. The highest BCUT2D eigenvalue weighted by molar-refractivity contribution is 6.02. The number of hydrogen-bond donors (Lipinski definition) is 2. The molecule has 1 aromatic heterocycles. The first kappa shape index (κ1) is 18.4. The van der Waals surface area contributed by atoms with Crippen molar-refractivity contribution in [2.75, 3.05) is 5.32 Å². The van der Waals surface area contributed by atoms with Crippen LogP contribution in [-0.2, 0) is 4.79 Å². The van der Waals surface area contributed by atoms with Gasteiger partial charge in [-0.15, -0.1) is 0 Å². The Morgan fingerprint density at radius 3 is 2.19 bits per heavy atom. The number of amides is 2. The van der Waals surface area contributed by atoms with E-state index in [4.69, 9.17) is 0 Å². The Labute approximate surface area is 158 Å². The van der Waals surface area contributed by atoms with Gasteiger partial charge in [0.05, 0.1) is 5.69 Å². The lowest BCUT2D eigenvalue weighted by molar-refractivity contribution is -0.120. The van der Waals surface area contributed by atoms with Crippen LogP contribution in [0.4, 0.5) is 5.69 Å². The predicted molar refractivity (Wildman–Crippen MR) is 105 cm³/mol. The molecule has 0 aliphatic heterocycles. The second-order valence-electron chi connectivity index (χ2n) is 6.82. The van der Waals surface area contributed by atoms with Gasteiger partial charge < -0.3 is 10.6 Å². The van der Waals surface area contributed by atoms with Crippen molar-refractivity contribution in [2.24, 2.45) is 0 Å². The van der Waals surface area contributed by atoms with Crippen molar-refractivity contribution >= 4 is 17.5 Å². The topological polar surface area (TPSA) is 76.0 Å². The summed E-state index contributed by atoms with van der Waals surface area (Å²) in [5.41, 5.74) is 1.54. The molecule has 0 saturated heterocycles. The first-order chi connectivity index (χ1) is 12.9. The van der Waals surface area contributed by atoms with Crippen LogP contribution in [0.25, 0.3) is 5.69 Å². The van der Waals surface area contributed by atoms with Gasteiger partial charge in [-0.1, -0.05) is 36.4 Å². The van der Waals surface area contributed by atoms with E-state index < -0.39 is 11.4 Å². The van der Waals surface area contributed by atoms with Crippen LogP contribution in [0.3, 0.4) is 0 Å². The number of nitrogens with zero attached hydrogens (tertiary/aromatic N) is 2. The van der Waals surface area contributed by atoms with Crippen molar-refractivity contribution in [3.05, 3.63) is 78.1 Å². The highest BCUT2D eigenvalue weighted by Crippen LogP contribution is 2.14. The Morgan fingerprint density at radius 2 is 1.56 bits per heavy atom. The molecular weight excluding hydrogens is 340 g/mol. The fourth-order valence-electron chi connectivity index (χ4n) is 2.63. The molecule has 1 heterocycles. The lowest BCUT2D eigenvalue weighted by Gasteiger charge is -2.24. The number of rotatable bonds is 5. The fraction of sp³-hybridized carbons (Fsp3) is 0.190. The number of carbonyl (C=O) groups excluding carboxylic acids is 2. The summed E-state index contributed by atoms with van der Waals surface area (Å²) in [6, 6.07) is 20.4. The zero-order valence-corrected chi connectivity index (χ0v) is 15.6. The SMILES string of the molecule is Cc1cc(C(=O)NC(C)(C)C(=O)Nc2ccccc2)nn1-c1ccccc1. The molecule has 0 radical (unpaired) electrons. The first-order valence-corrected chi connectivity index (χ1v) is 8.68. The van der Waals surface area contributed by atoms with Gasteiger partial charge in [-0.25, -0.2) is 4.68 Å². The molecule has 0 atom stereocenters. The van der Waals surface area contributed by atoms with E-state index in [2.05, 4.69) is 15.7 Å². The van der Waals surface area contributed by atoms with Gasteiger partial charge in [-0.05, 0) is 51.1 Å². The molecule has 3 aromatic rings. The standard InChI is InChI=1S/C21H22N4O2/c1-15-14-18(24-25(15)17-12-8-5-9-13-17)19(26)23-21(2,3)20(27)22-16-10-6-4-7-11-16/h4-14H,1-3H3,(H,22,27)(H,23,26). The number of nitrogens with one attached hydrogen (secondary N) is 2. The van der Waals surface area contributed by atoms with Crippen molar-refractivity contribution in [2.45, 2.75) is 26.3 Å². The largest absolute Gasteiger partial charge is 0.337 e. The Balaban J connectivity index is 1.73. The van der Waals surface area contributed by atoms with Gasteiger partial charge in [0.2, 0.25) is 5.91 Å². The summed E-state index contributed by atoms with van der Waals surface area (Å²) in [4.78, 5) is 25.2. The molecule has 2 N–H and O–H groups in total. The normalized spacial score (nSPS) is 11.1. The van der Waals surface area contributed by atoms with Gasteiger partial charge in [0.1, 0.15) is 5.54 Å². The highest BCUT2D eigenvalue weighted by Gasteiger charge is 2.31. The molecule has 6 heteroatoms. The minimum atomic E-state index is -1.10. The van der Waals surface area contributed by atoms with Crippen molar-refractivity contribution in [1.82, 2.24) is 15.1 Å². The minimum Gasteiger partial charge on any atom is -0.337 e. The zero-order valence-electron chi connectivity index (χ0n) is 15.6. The number of para-hydroxylation sites is 2. The Bertz CT molecular complexity index is 947. The van der Waals surface area contributed by atoms with Crippen molar-refractivity contribution in [3.63, 3.8) is 0 Å². The van der Waals surface area contributed by atoms with Crippen LogP contribution < -0.4 is 10.6 Å². The van der Waals surface area contributed by atoms with Gasteiger partial charge in [0, 0.05) is 11.4 Å². The lowest BCUT2D eigenvalue weighted by atomic mass is 10.0. The Morgan fingerprint density at radius 1 is 0.963 bits per heavy atom. The molecule has 0 spiro atoms. The van der Waals surface area contributed by atoms with Gasteiger partial charge in [0.25, 0.3) is 5.91 Å². The summed E-state index contributed by atoms with van der Waals surface area (Å²) < 4.78 is 1.70. The van der Waals surface area contributed by atoms with Crippen LogP contribution in [0.1, 0.15) is 30.0 Å². The molecule has 0 fully saturated rings. The average molecular weight is 362 g/mol. The molecule has 0 saturated carbocycles. The summed E-state index contributed by atoms with van der Waals surface area (Å²) in [6.45, 7) is 5.19. The van der Waals surface area contributed by atoms with Crippen LogP contribution >= 0.6 is 0 Å². The van der Waals surface area contributed by atoms with Gasteiger partial charge in [0.15, 0.2) is 5.69 Å². The number of aryl methyl sites for hydroxylation is 1. The van der Waals surface area contributed by atoms with Crippen molar-refractivity contribution in [1.29, 1.82) is 0 Å². The quantitative estimate of drug-likeness (QED) is 0.731. The monoisotopic (exact) mass is 362 g/mol. The molecule has 3 rings (SSSR count). The summed E-state index contributed by atoms with van der Waals surface area (Å²) in [5.74, 6) is -0.706. The van der Waals surface area contributed by atoms with Crippen LogP contribution in [0.15, 0.2) is 66.7 Å². The molecule has 138 valence electrons. The third-order valence-corrected chi connectivity index (χ3v) is 4.15. The summed E-state index contributed by atoms with van der Waals surface area (Å²) in [7, 11) is 0. The Kier molecular flexibility index (Phi) is 5.07. The number of anilines is 1. The van der Waals surface area contributed by atoms with E-state index >= 15 is 0 Å². The van der Waals surface area contributed by atoms with E-state index in [0.29, 0.717) is 5.69 Å². The highest BCUT2D eigenvalue weighted by atomic mass is 16.2. The number of benzene rings is 2. The first-order valence-electron chi connectivity index (χ1n) is 8.68. The number of hydrogen-bond acceptors (Lipinski definition) is 3. The molecule has 0 bridgehead atoms. The van der Waals surface area contributed by atoms with Crippen LogP contribution in [0.5, 0.6) is 0 Å². The molecule has 6 nitrogen and oxygen atoms in total. The van der Waals surface area contributed by atoms with Crippen LogP contribution in [0, 0.1) is 6.92 Å². The maximum Gasteiger partial charge on any atom is 0.272 e. The summed E-state index contributed by atoms with van der Waals surface area (Å²) in [5, 5.41) is 9.94. The van der Waals surface area contributed by atoms with Crippen LogP contribution in [-0.4, -0.2) is 27.1 Å². The molecule has 2 aromatic carbocycles. The van der Waals surface area contributed by atoms with Gasteiger partial charge in [-0.2, -0.15) is 5.10 Å². The predicted octanol–water partition coefficient (Wildman–Crippen LogP) is 3.33. The minimum absolute atomic E-state index is 0.261. The van der Waals surface area contributed by atoms with E-state index in [9.17, 15) is 9.59 Å². The molecular formula is C21H22N4O2. The van der Waals surface area contributed by atoms with E-state index in [1.165, 1.54) is 0 Å². The van der Waals surface area contributed by atoms with E-state index in [1.54, 1.807) is 36.7 Å². The second-order valence-corrected chi connectivity index (χ2v) is 6.82. The smallest absolute Gasteiger partial charge is 0.272 e. The fourth-order valence-corrected chi connectivity index (χ4v) is 2.63. The zero-order chi connectivity index (χ0) is 19.4. The molecule has 0 unspecified atom stereocenters. The third kappa shape index (κ3) is 4.23. The van der Waals surface area contributed by atoms with Crippen molar-refractivity contribution < 1.29 is 9.59 Å². The van der Waals surface area contributed by atoms with Gasteiger partial charge >= 0.3 is 0 Å². The Hall–Kier alpha value is -3.41. The van der Waals surface area contributed by atoms with Crippen molar-refractivity contribution in [3.8, 4) is 5.69 Å². The number of carbonyl (C=O) groups is 2. The molecule has 2 amide bonds. The third-order valence-electron chi connectivity index (χ3n) is 4.15. The molecule has 27 heavy (non-hydrogen) atoms. The van der Waals surface area contributed by atoms with E-state index in [1.807, 2.05) is 55.5 Å². The van der Waals surface area contributed by atoms with E-state index in [-0.39, 0.29) is 11.6 Å². The summed E-state index contributed by atoms with van der Waals surface area (Å²) in [6.07, 6.45) is 0. The van der Waals surface area contributed by atoms with Crippen LogP contribution in [0.2, 0.25) is 0 Å². The second kappa shape index (κ2) is 7.45. The summed E-state index contributed by atoms with van der Waals surface area (Å²) >= 11 is 0. The molecule has 0 aliphatic carbocycles. The maximum absolute atomic E-state index is 12.6. The van der Waals surface area contributed by atoms with Gasteiger partial charge in [-0.3, -0.25) is 9.59 Å². The number of aromatic nitrogens is 2. The molecule has 0 aliphatic rings. The van der Waals surface area contributed by atoms with E-state index in [0.717, 1.165) is 11.4 Å². The lowest BCUT2D eigenvalue weighted by Crippen LogP contribution is -2.52.